The molecule has 2 saturated heterocycles. The van der Waals surface area contributed by atoms with Gasteiger partial charge in [0.25, 0.3) is 0 Å². The van der Waals surface area contributed by atoms with Crippen LogP contribution in [0.2, 0.25) is 0 Å². The molecular weight excluding hydrogens is 529 g/mol. The molecule has 0 saturated carbocycles. The molecule has 0 bridgehead atoms. The molecule has 0 N–H and O–H groups in total. The molecule has 2 aliphatic rings. The van der Waals surface area contributed by atoms with Crippen LogP contribution in [0.4, 0.5) is 24.8 Å². The van der Waals surface area contributed by atoms with Gasteiger partial charge in [0.2, 0.25) is 0 Å². The second-order valence-corrected chi connectivity index (χ2v) is 10.4. The molecule has 4 heterocycles. The Hall–Kier alpha value is -3.24. The van der Waals surface area contributed by atoms with Gasteiger partial charge in [-0.05, 0) is 42.5 Å². The minimum absolute atomic E-state index is 0.273. The van der Waals surface area contributed by atoms with Gasteiger partial charge in [0.1, 0.15) is 11.6 Å². The zero-order valence-corrected chi connectivity index (χ0v) is 24.7. The fourth-order valence-corrected chi connectivity index (χ4v) is 5.11. The third-order valence-corrected chi connectivity index (χ3v) is 6.95. The summed E-state index contributed by atoms with van der Waals surface area (Å²) in [5.74, 6) is 2.52. The van der Waals surface area contributed by atoms with E-state index in [1.54, 1.807) is 12.3 Å². The summed E-state index contributed by atoms with van der Waals surface area (Å²) in [6.07, 6.45) is 3.71. The lowest BCUT2D eigenvalue weighted by atomic mass is 10.00. The summed E-state index contributed by atoms with van der Waals surface area (Å²) >= 11 is 0. The van der Waals surface area contributed by atoms with E-state index < -0.39 is 0 Å². The van der Waals surface area contributed by atoms with Gasteiger partial charge in [-0.2, -0.15) is 0 Å². The summed E-state index contributed by atoms with van der Waals surface area (Å²) in [5, 5.41) is 0. The second-order valence-electron chi connectivity index (χ2n) is 10.4. The highest BCUT2D eigenvalue weighted by molar-refractivity contribution is 5.64. The molecule has 7 nitrogen and oxygen atoms in total. The van der Waals surface area contributed by atoms with Crippen LogP contribution in [0.1, 0.15) is 31.7 Å². The van der Waals surface area contributed by atoms with Gasteiger partial charge in [0, 0.05) is 63.7 Å². The topological polar surface area (TPSA) is 57.6 Å². The lowest BCUT2D eigenvalue weighted by Crippen LogP contribution is -2.47. The maximum Gasteiger partial charge on any atom is 0.165 e. The Kier molecular flexibility index (Phi) is 13.3. The number of ether oxygens (including phenoxy) is 1. The number of hydrogen-bond donors (Lipinski definition) is 0. The van der Waals surface area contributed by atoms with Gasteiger partial charge in [-0.1, -0.05) is 32.0 Å². The normalized spacial score (nSPS) is 15.9. The first-order valence-corrected chi connectivity index (χ1v) is 14.2. The minimum atomic E-state index is -0.273. The molecular formula is C31H43F3N6O. The van der Waals surface area contributed by atoms with Crippen molar-refractivity contribution < 1.29 is 17.9 Å². The van der Waals surface area contributed by atoms with Gasteiger partial charge in [-0.25, -0.2) is 19.3 Å². The number of aromatic nitrogens is 3. The van der Waals surface area contributed by atoms with Crippen molar-refractivity contribution in [1.29, 1.82) is 0 Å². The molecule has 0 unspecified atom stereocenters. The van der Waals surface area contributed by atoms with Crippen molar-refractivity contribution in [2.24, 2.45) is 5.92 Å². The van der Waals surface area contributed by atoms with Crippen LogP contribution in [0.15, 0.2) is 48.7 Å². The molecule has 10 heteroatoms. The Balaban J connectivity index is 0.00000111. The number of rotatable bonds is 7. The smallest absolute Gasteiger partial charge is 0.165 e. The SMILES string of the molecule is CC(C)Cc1cccc(-c2cc(N3CCN(c4ncccc4F)CC3)nc(CN3CCCOCC3)n2)c1.CF.CF. The summed E-state index contributed by atoms with van der Waals surface area (Å²) in [6, 6.07) is 13.9. The quantitative estimate of drug-likeness (QED) is 0.366. The third kappa shape index (κ3) is 9.39. The third-order valence-electron chi connectivity index (χ3n) is 6.95. The molecule has 0 amide bonds. The van der Waals surface area contributed by atoms with Crippen LogP contribution >= 0.6 is 0 Å². The van der Waals surface area contributed by atoms with Crippen molar-refractivity contribution >= 4 is 11.6 Å². The molecule has 224 valence electrons. The molecule has 2 fully saturated rings. The van der Waals surface area contributed by atoms with Crippen molar-refractivity contribution in [3.63, 3.8) is 0 Å². The van der Waals surface area contributed by atoms with Crippen LogP contribution in [0.25, 0.3) is 11.3 Å². The van der Waals surface area contributed by atoms with Gasteiger partial charge in [-0.3, -0.25) is 13.7 Å². The lowest BCUT2D eigenvalue weighted by molar-refractivity contribution is 0.140. The number of hydrogen-bond acceptors (Lipinski definition) is 7. The summed E-state index contributed by atoms with van der Waals surface area (Å²) in [5.41, 5.74) is 3.40. The summed E-state index contributed by atoms with van der Waals surface area (Å²) in [4.78, 5) is 21.0. The Labute approximate surface area is 242 Å². The largest absolute Gasteiger partial charge is 0.380 e. The van der Waals surface area contributed by atoms with Crippen LogP contribution in [-0.4, -0.2) is 86.7 Å². The molecule has 0 aliphatic carbocycles. The van der Waals surface area contributed by atoms with Crippen molar-refractivity contribution in [1.82, 2.24) is 19.9 Å². The number of halogens is 3. The van der Waals surface area contributed by atoms with Crippen LogP contribution in [-0.2, 0) is 17.7 Å². The molecule has 41 heavy (non-hydrogen) atoms. The van der Waals surface area contributed by atoms with Crippen LogP contribution in [0, 0.1) is 11.7 Å². The Morgan fingerprint density at radius 3 is 2.34 bits per heavy atom. The van der Waals surface area contributed by atoms with Gasteiger partial charge < -0.3 is 14.5 Å². The van der Waals surface area contributed by atoms with E-state index in [0.717, 1.165) is 75.1 Å². The first kappa shape index (κ1) is 32.3. The highest BCUT2D eigenvalue weighted by Gasteiger charge is 2.23. The van der Waals surface area contributed by atoms with E-state index in [1.165, 1.54) is 11.6 Å². The zero-order chi connectivity index (χ0) is 29.6. The molecule has 0 atom stereocenters. The Morgan fingerprint density at radius 2 is 1.61 bits per heavy atom. The van der Waals surface area contributed by atoms with Gasteiger partial charge in [-0.15, -0.1) is 0 Å². The maximum atomic E-state index is 14.3. The van der Waals surface area contributed by atoms with Crippen molar-refractivity contribution in [3.05, 3.63) is 65.9 Å². The number of nitrogens with zero attached hydrogens (tertiary/aromatic N) is 6. The number of anilines is 2. The number of benzene rings is 1. The standard InChI is InChI=1S/C29H37FN6O.2CH3F/c1-22(2)18-23-6-3-7-24(19-23)26-20-28(33-27(32-26)21-34-10-5-16-37-17-15-34)35-11-13-36(14-12-35)29-25(30)8-4-9-31-29;2*1-2/h3-4,6-9,19-20,22H,5,10-18,21H2,1-2H3;2*1H3. The van der Waals surface area contributed by atoms with E-state index in [1.807, 2.05) is 4.90 Å². The molecule has 3 aromatic rings. The second kappa shape index (κ2) is 16.9. The van der Waals surface area contributed by atoms with Gasteiger partial charge in [0.15, 0.2) is 11.6 Å². The molecule has 2 aromatic heterocycles. The van der Waals surface area contributed by atoms with Crippen molar-refractivity contribution in [2.75, 3.05) is 76.6 Å². The molecule has 5 rings (SSSR count). The van der Waals surface area contributed by atoms with E-state index in [0.29, 0.717) is 45.7 Å². The monoisotopic (exact) mass is 572 g/mol. The predicted octanol–water partition coefficient (Wildman–Crippen LogP) is 5.60. The van der Waals surface area contributed by atoms with Crippen LogP contribution < -0.4 is 9.80 Å². The van der Waals surface area contributed by atoms with Crippen LogP contribution in [0.3, 0.4) is 0 Å². The number of pyridine rings is 1. The minimum Gasteiger partial charge on any atom is -0.380 e. The fourth-order valence-electron chi connectivity index (χ4n) is 5.11. The number of alkyl halides is 2. The summed E-state index contributed by atoms with van der Waals surface area (Å²) < 4.78 is 38.9. The highest BCUT2D eigenvalue weighted by Crippen LogP contribution is 2.26. The van der Waals surface area contributed by atoms with Crippen molar-refractivity contribution in [2.45, 2.75) is 33.2 Å². The van der Waals surface area contributed by atoms with E-state index >= 15 is 0 Å². The molecule has 1 aromatic carbocycles. The average Bonchev–Trinajstić information content (AvgIpc) is 3.28. The lowest BCUT2D eigenvalue weighted by Gasteiger charge is -2.36. The summed E-state index contributed by atoms with van der Waals surface area (Å²) in [7, 11) is 1.00. The van der Waals surface area contributed by atoms with Gasteiger partial charge in [0.05, 0.1) is 33.2 Å². The zero-order valence-electron chi connectivity index (χ0n) is 24.7. The van der Waals surface area contributed by atoms with E-state index in [4.69, 9.17) is 14.7 Å². The van der Waals surface area contributed by atoms with E-state index in [-0.39, 0.29) is 5.82 Å². The van der Waals surface area contributed by atoms with Gasteiger partial charge >= 0.3 is 0 Å². The predicted molar refractivity (Wildman–Crippen MR) is 159 cm³/mol. The molecule has 0 spiro atoms. The summed E-state index contributed by atoms with van der Waals surface area (Å²) in [6.45, 7) is 11.5. The first-order valence-electron chi connectivity index (χ1n) is 14.2. The average molecular weight is 573 g/mol. The Morgan fingerprint density at radius 1 is 0.854 bits per heavy atom. The van der Waals surface area contributed by atoms with E-state index in [9.17, 15) is 13.2 Å². The number of piperazine rings is 1. The first-order chi connectivity index (χ1) is 20.0. The molecule has 2 aliphatic heterocycles. The highest BCUT2D eigenvalue weighted by atomic mass is 19.1. The fraction of sp³-hybridized carbons (Fsp3) is 0.516. The Bertz CT molecular complexity index is 1180. The van der Waals surface area contributed by atoms with Crippen LogP contribution in [0.5, 0.6) is 0 Å². The van der Waals surface area contributed by atoms with E-state index in [2.05, 4.69) is 59.0 Å². The molecule has 0 radical (unpaired) electrons. The maximum absolute atomic E-state index is 14.3. The van der Waals surface area contributed by atoms with Crippen molar-refractivity contribution in [3.8, 4) is 11.3 Å².